The first-order chi connectivity index (χ1) is 8.79. The average Bonchev–Trinajstić information content (AvgIpc) is 3.08. The van der Waals surface area contributed by atoms with Crippen LogP contribution in [0.3, 0.4) is 0 Å². The summed E-state index contributed by atoms with van der Waals surface area (Å²) in [7, 11) is 0. The van der Waals surface area contributed by atoms with Crippen molar-refractivity contribution in [3.8, 4) is 5.75 Å². The lowest BCUT2D eigenvalue weighted by atomic mass is 10.1. The van der Waals surface area contributed by atoms with Crippen molar-refractivity contribution < 1.29 is 19.4 Å². The van der Waals surface area contributed by atoms with Crippen molar-refractivity contribution >= 4 is 5.91 Å². The van der Waals surface area contributed by atoms with E-state index < -0.39 is 17.3 Å². The van der Waals surface area contributed by atoms with E-state index in [2.05, 4.69) is 0 Å². The molecule has 0 saturated heterocycles. The summed E-state index contributed by atoms with van der Waals surface area (Å²) in [5.74, 6) is -1.68. The van der Waals surface area contributed by atoms with Gasteiger partial charge in [0.25, 0.3) is 5.91 Å². The van der Waals surface area contributed by atoms with Gasteiger partial charge in [-0.1, -0.05) is 6.07 Å². The van der Waals surface area contributed by atoms with Crippen LogP contribution in [0, 0.1) is 5.82 Å². The molecule has 1 amide bonds. The minimum atomic E-state index is -1.06. The van der Waals surface area contributed by atoms with Crippen LogP contribution < -0.4 is 0 Å². The number of phenols is 1. The van der Waals surface area contributed by atoms with Crippen molar-refractivity contribution in [2.75, 3.05) is 6.54 Å². The summed E-state index contributed by atoms with van der Waals surface area (Å²) < 4.78 is 13.7. The van der Waals surface area contributed by atoms with Crippen molar-refractivity contribution in [1.82, 2.24) is 4.90 Å². The summed E-state index contributed by atoms with van der Waals surface area (Å²) in [6.45, 7) is 3.30. The molecule has 0 unspecified atom stereocenters. The predicted octanol–water partition coefficient (Wildman–Crippen LogP) is 1.91. The number of hydrogen-bond acceptors (Lipinski definition) is 3. The third kappa shape index (κ3) is 3.23. The molecule has 1 aromatic carbocycles. The molecule has 0 heterocycles. The highest BCUT2D eigenvalue weighted by molar-refractivity contribution is 5.97. The normalized spacial score (nSPS) is 15.4. The number of carbonyl (C=O) groups is 1. The van der Waals surface area contributed by atoms with Crippen LogP contribution in [0.5, 0.6) is 5.75 Å². The Labute approximate surface area is 111 Å². The summed E-state index contributed by atoms with van der Waals surface area (Å²) in [6, 6.07) is 3.80. The Bertz CT molecular complexity index is 472. The topological polar surface area (TPSA) is 60.8 Å². The minimum Gasteiger partial charge on any atom is -0.507 e. The molecule has 0 radical (unpaired) electrons. The average molecular weight is 267 g/mol. The van der Waals surface area contributed by atoms with Gasteiger partial charge in [-0.05, 0) is 38.8 Å². The van der Waals surface area contributed by atoms with Gasteiger partial charge in [-0.25, -0.2) is 4.39 Å². The molecule has 2 N–H and O–H groups in total. The number of nitrogens with zero attached hydrogens (tertiary/aromatic N) is 1. The Morgan fingerprint density at radius 1 is 1.47 bits per heavy atom. The van der Waals surface area contributed by atoms with E-state index in [0.29, 0.717) is 0 Å². The molecule has 5 heteroatoms. The lowest BCUT2D eigenvalue weighted by Gasteiger charge is -2.29. The Kier molecular flexibility index (Phi) is 3.49. The van der Waals surface area contributed by atoms with E-state index in [1.54, 1.807) is 13.8 Å². The Balaban J connectivity index is 2.29. The second-order valence-corrected chi connectivity index (χ2v) is 5.61. The number of amides is 1. The number of hydrogen-bond donors (Lipinski definition) is 2. The van der Waals surface area contributed by atoms with Crippen LogP contribution in [0.1, 0.15) is 37.0 Å². The highest BCUT2D eigenvalue weighted by atomic mass is 19.1. The molecule has 0 bridgehead atoms. The summed E-state index contributed by atoms with van der Waals surface area (Å²) in [5.41, 5.74) is -1.38. The number of aliphatic hydroxyl groups is 1. The summed E-state index contributed by atoms with van der Waals surface area (Å²) >= 11 is 0. The second-order valence-electron chi connectivity index (χ2n) is 5.61. The SMILES string of the molecule is CC(C)(O)CN(C(=O)c1c(O)cccc1F)C1CC1. The number of phenolic OH excluding ortho intramolecular Hbond substituents is 1. The van der Waals surface area contributed by atoms with Gasteiger partial charge in [0.2, 0.25) is 0 Å². The van der Waals surface area contributed by atoms with Crippen LogP contribution >= 0.6 is 0 Å². The first-order valence-corrected chi connectivity index (χ1v) is 6.30. The molecule has 104 valence electrons. The van der Waals surface area contributed by atoms with Gasteiger partial charge in [-0.15, -0.1) is 0 Å². The van der Waals surface area contributed by atoms with Crippen LogP contribution in [0.25, 0.3) is 0 Å². The minimum absolute atomic E-state index is 0.0259. The fourth-order valence-corrected chi connectivity index (χ4v) is 2.04. The maximum Gasteiger partial charge on any atom is 0.260 e. The lowest BCUT2D eigenvalue weighted by molar-refractivity contribution is 0.0274. The van der Waals surface area contributed by atoms with E-state index in [1.807, 2.05) is 0 Å². The zero-order chi connectivity index (χ0) is 14.2. The number of rotatable bonds is 4. The third-order valence-corrected chi connectivity index (χ3v) is 3.01. The standard InChI is InChI=1S/C14H18FNO3/c1-14(2,19)8-16(9-6-7-9)13(18)12-10(15)4-3-5-11(12)17/h3-5,9,17,19H,6-8H2,1-2H3. The van der Waals surface area contributed by atoms with E-state index in [9.17, 15) is 19.4 Å². The molecule has 2 rings (SSSR count). The van der Waals surface area contributed by atoms with E-state index in [4.69, 9.17) is 0 Å². The molecule has 1 aliphatic carbocycles. The van der Waals surface area contributed by atoms with Crippen LogP contribution in [-0.2, 0) is 0 Å². The quantitative estimate of drug-likeness (QED) is 0.876. The van der Waals surface area contributed by atoms with E-state index >= 15 is 0 Å². The largest absolute Gasteiger partial charge is 0.507 e. The lowest BCUT2D eigenvalue weighted by Crippen LogP contribution is -2.43. The van der Waals surface area contributed by atoms with E-state index in [0.717, 1.165) is 18.9 Å². The van der Waals surface area contributed by atoms with Crippen molar-refractivity contribution in [3.63, 3.8) is 0 Å². The molecule has 1 aliphatic rings. The zero-order valence-corrected chi connectivity index (χ0v) is 11.1. The number of benzene rings is 1. The second kappa shape index (κ2) is 4.81. The number of halogens is 1. The summed E-state index contributed by atoms with van der Waals surface area (Å²) in [6.07, 6.45) is 1.69. The van der Waals surface area contributed by atoms with Gasteiger partial charge < -0.3 is 15.1 Å². The molecule has 0 atom stereocenters. The van der Waals surface area contributed by atoms with Crippen molar-refractivity contribution in [3.05, 3.63) is 29.6 Å². The maximum atomic E-state index is 13.7. The Morgan fingerprint density at radius 3 is 2.58 bits per heavy atom. The molecule has 19 heavy (non-hydrogen) atoms. The Morgan fingerprint density at radius 2 is 2.11 bits per heavy atom. The molecule has 0 spiro atoms. The molecular weight excluding hydrogens is 249 g/mol. The molecule has 1 fully saturated rings. The number of carbonyl (C=O) groups excluding carboxylic acids is 1. The van der Waals surface area contributed by atoms with Gasteiger partial charge in [0.05, 0.1) is 5.60 Å². The fourth-order valence-electron chi connectivity index (χ4n) is 2.04. The van der Waals surface area contributed by atoms with E-state index in [1.165, 1.54) is 17.0 Å². The molecule has 1 saturated carbocycles. The first-order valence-electron chi connectivity index (χ1n) is 6.30. The molecule has 4 nitrogen and oxygen atoms in total. The monoisotopic (exact) mass is 267 g/mol. The Hall–Kier alpha value is -1.62. The van der Waals surface area contributed by atoms with Gasteiger partial charge >= 0.3 is 0 Å². The smallest absolute Gasteiger partial charge is 0.260 e. The number of aromatic hydroxyl groups is 1. The van der Waals surface area contributed by atoms with Crippen LogP contribution in [-0.4, -0.2) is 39.2 Å². The first kappa shape index (κ1) is 13.8. The van der Waals surface area contributed by atoms with E-state index in [-0.39, 0.29) is 23.9 Å². The van der Waals surface area contributed by atoms with Gasteiger partial charge in [-0.3, -0.25) is 4.79 Å². The van der Waals surface area contributed by atoms with Crippen molar-refractivity contribution in [2.24, 2.45) is 0 Å². The van der Waals surface area contributed by atoms with Crippen molar-refractivity contribution in [2.45, 2.75) is 38.3 Å². The van der Waals surface area contributed by atoms with Gasteiger partial charge in [0.1, 0.15) is 17.1 Å². The van der Waals surface area contributed by atoms with Gasteiger partial charge in [0, 0.05) is 12.6 Å². The van der Waals surface area contributed by atoms with Crippen molar-refractivity contribution in [1.29, 1.82) is 0 Å². The highest BCUT2D eigenvalue weighted by Gasteiger charge is 2.37. The maximum absolute atomic E-state index is 13.7. The highest BCUT2D eigenvalue weighted by Crippen LogP contribution is 2.32. The summed E-state index contributed by atoms with van der Waals surface area (Å²) in [5, 5.41) is 19.5. The van der Waals surface area contributed by atoms with Gasteiger partial charge in [0.15, 0.2) is 0 Å². The molecule has 1 aromatic rings. The zero-order valence-electron chi connectivity index (χ0n) is 11.1. The fraction of sp³-hybridized carbons (Fsp3) is 0.500. The van der Waals surface area contributed by atoms with Crippen LogP contribution in [0.2, 0.25) is 0 Å². The summed E-state index contributed by atoms with van der Waals surface area (Å²) in [4.78, 5) is 13.8. The molecule has 0 aromatic heterocycles. The van der Waals surface area contributed by atoms with Crippen LogP contribution in [0.4, 0.5) is 4.39 Å². The predicted molar refractivity (Wildman–Crippen MR) is 68.4 cm³/mol. The third-order valence-electron chi connectivity index (χ3n) is 3.01. The van der Waals surface area contributed by atoms with Crippen LogP contribution in [0.15, 0.2) is 18.2 Å². The molecule has 0 aliphatic heterocycles. The van der Waals surface area contributed by atoms with Gasteiger partial charge in [-0.2, -0.15) is 0 Å². The molecular formula is C14H18FNO3.